The van der Waals surface area contributed by atoms with Crippen molar-refractivity contribution in [2.75, 3.05) is 12.8 Å². The molecule has 5 heteroatoms. The van der Waals surface area contributed by atoms with E-state index < -0.39 is 19.1 Å². The Hall–Kier alpha value is -0.340. The Kier molecular flexibility index (Phi) is 6.15. The predicted molar refractivity (Wildman–Crippen MR) is 60.8 cm³/mol. The smallest absolute Gasteiger partial charge is 0.303 e. The zero-order chi connectivity index (χ0) is 12.1. The van der Waals surface area contributed by atoms with E-state index in [2.05, 4.69) is 0 Å². The van der Waals surface area contributed by atoms with Gasteiger partial charge in [0.15, 0.2) is 5.34 Å². The molecule has 1 atom stereocenters. The number of rotatable bonds is 6. The molecule has 4 nitrogen and oxygen atoms in total. The van der Waals surface area contributed by atoms with Gasteiger partial charge in [-0.15, -0.1) is 0 Å². The third kappa shape index (κ3) is 6.69. The normalized spacial score (nSPS) is 14.0. The molecular formula is C10H21O4P. The van der Waals surface area contributed by atoms with Crippen molar-refractivity contribution >= 4 is 13.8 Å². The number of carbonyl (C=O) groups excluding carboxylic acids is 1. The zero-order valence-corrected chi connectivity index (χ0v) is 11.1. The first-order valence-electron chi connectivity index (χ1n) is 5.10. The molecule has 0 spiro atoms. The van der Waals surface area contributed by atoms with Crippen LogP contribution in [0.15, 0.2) is 0 Å². The van der Waals surface area contributed by atoms with Crippen LogP contribution in [0.4, 0.5) is 0 Å². The molecule has 1 unspecified atom stereocenters. The minimum absolute atomic E-state index is 0.136. The Morgan fingerprint density at radius 3 is 2.33 bits per heavy atom. The summed E-state index contributed by atoms with van der Waals surface area (Å²) in [4.78, 5) is 10.8. The highest BCUT2D eigenvalue weighted by molar-refractivity contribution is 7.46. The Balaban J connectivity index is 4.02. The van der Waals surface area contributed by atoms with Gasteiger partial charge in [-0.25, -0.2) is 0 Å². The van der Waals surface area contributed by atoms with Crippen LogP contribution in [0, 0.1) is 0 Å². The van der Waals surface area contributed by atoms with Gasteiger partial charge >= 0.3 is 5.97 Å². The number of hydrogen-bond acceptors (Lipinski definition) is 4. The maximum Gasteiger partial charge on any atom is 0.303 e. The SMILES string of the molecule is CC(=O)OC(C)(C)[PH](=O)CCOC(C)C. The molecule has 15 heavy (non-hydrogen) atoms. The largest absolute Gasteiger partial charge is 0.452 e. The molecule has 0 aliphatic heterocycles. The van der Waals surface area contributed by atoms with E-state index in [0.717, 1.165) is 0 Å². The first-order chi connectivity index (χ1) is 6.75. The van der Waals surface area contributed by atoms with E-state index in [1.165, 1.54) is 6.92 Å². The van der Waals surface area contributed by atoms with Crippen molar-refractivity contribution < 1.29 is 18.8 Å². The summed E-state index contributed by atoms with van der Waals surface area (Å²) >= 11 is 0. The maximum atomic E-state index is 11.8. The van der Waals surface area contributed by atoms with Gasteiger partial charge in [0.1, 0.15) is 7.80 Å². The van der Waals surface area contributed by atoms with Crippen molar-refractivity contribution in [3.63, 3.8) is 0 Å². The third-order valence-corrected chi connectivity index (χ3v) is 3.95. The van der Waals surface area contributed by atoms with Crippen LogP contribution in [0.1, 0.15) is 34.6 Å². The van der Waals surface area contributed by atoms with Gasteiger partial charge in [0.2, 0.25) is 0 Å². The molecule has 0 heterocycles. The highest BCUT2D eigenvalue weighted by atomic mass is 31.1. The summed E-state index contributed by atoms with van der Waals surface area (Å²) in [5.41, 5.74) is 0. The van der Waals surface area contributed by atoms with Crippen molar-refractivity contribution in [1.82, 2.24) is 0 Å². The van der Waals surface area contributed by atoms with E-state index in [4.69, 9.17) is 9.47 Å². The van der Waals surface area contributed by atoms with E-state index in [-0.39, 0.29) is 6.10 Å². The van der Waals surface area contributed by atoms with Crippen LogP contribution in [-0.2, 0) is 18.8 Å². The third-order valence-electron chi connectivity index (χ3n) is 1.85. The van der Waals surface area contributed by atoms with Crippen LogP contribution >= 0.6 is 7.80 Å². The van der Waals surface area contributed by atoms with Crippen molar-refractivity contribution in [3.05, 3.63) is 0 Å². The lowest BCUT2D eigenvalue weighted by atomic mass is 10.4. The van der Waals surface area contributed by atoms with Crippen molar-refractivity contribution in [2.45, 2.75) is 46.1 Å². The van der Waals surface area contributed by atoms with Crippen LogP contribution in [0.5, 0.6) is 0 Å². The van der Waals surface area contributed by atoms with Crippen LogP contribution in [0.2, 0.25) is 0 Å². The molecule has 0 bridgehead atoms. The van der Waals surface area contributed by atoms with E-state index in [0.29, 0.717) is 12.8 Å². The van der Waals surface area contributed by atoms with Gasteiger partial charge in [-0.1, -0.05) is 0 Å². The van der Waals surface area contributed by atoms with Crippen LogP contribution in [0.3, 0.4) is 0 Å². The van der Waals surface area contributed by atoms with Gasteiger partial charge in [0, 0.05) is 13.1 Å². The second-order valence-electron chi connectivity index (χ2n) is 4.20. The van der Waals surface area contributed by atoms with Gasteiger partial charge in [-0.05, 0) is 27.7 Å². The lowest BCUT2D eigenvalue weighted by Crippen LogP contribution is -2.24. The summed E-state index contributed by atoms with van der Waals surface area (Å²) in [6.07, 6.45) is 0.583. The molecule has 0 aromatic rings. The highest BCUT2D eigenvalue weighted by Gasteiger charge is 2.28. The molecule has 0 radical (unpaired) electrons. The van der Waals surface area contributed by atoms with Crippen molar-refractivity contribution in [1.29, 1.82) is 0 Å². The molecule has 0 aliphatic rings. The number of carbonyl (C=O) groups is 1. The maximum absolute atomic E-state index is 11.8. The van der Waals surface area contributed by atoms with Gasteiger partial charge in [-0.3, -0.25) is 4.79 Å². The fraction of sp³-hybridized carbons (Fsp3) is 0.900. The molecule has 0 aromatic heterocycles. The zero-order valence-electron chi connectivity index (χ0n) is 10.1. The molecule has 0 saturated heterocycles. The summed E-state index contributed by atoms with van der Waals surface area (Å²) in [5.74, 6) is -0.400. The standard InChI is InChI=1S/C10H21O4P/c1-8(2)13-6-7-15(12)10(4,5)14-9(3)11/h8,15H,6-7H2,1-5H3. The lowest BCUT2D eigenvalue weighted by molar-refractivity contribution is -0.147. The number of hydrogen-bond donors (Lipinski definition) is 0. The summed E-state index contributed by atoms with van der Waals surface area (Å²) in [7, 11) is -1.97. The molecule has 0 amide bonds. The van der Waals surface area contributed by atoms with Crippen molar-refractivity contribution in [3.8, 4) is 0 Å². The van der Waals surface area contributed by atoms with E-state index >= 15 is 0 Å². The minimum Gasteiger partial charge on any atom is -0.452 e. The first kappa shape index (κ1) is 14.7. The average molecular weight is 236 g/mol. The Bertz CT molecular complexity index is 236. The summed E-state index contributed by atoms with van der Waals surface area (Å²) < 4.78 is 22.1. The number of esters is 1. The Morgan fingerprint density at radius 1 is 1.40 bits per heavy atom. The first-order valence-corrected chi connectivity index (χ1v) is 6.71. The minimum atomic E-state index is -1.97. The predicted octanol–water partition coefficient (Wildman–Crippen LogP) is 2.27. The monoisotopic (exact) mass is 236 g/mol. The van der Waals surface area contributed by atoms with Crippen molar-refractivity contribution in [2.24, 2.45) is 0 Å². The second kappa shape index (κ2) is 6.29. The fourth-order valence-corrected chi connectivity index (χ4v) is 2.27. The molecule has 0 aliphatic carbocycles. The fourth-order valence-electron chi connectivity index (χ4n) is 1.10. The second-order valence-corrected chi connectivity index (χ2v) is 6.75. The Labute approximate surface area is 92.1 Å². The Morgan fingerprint density at radius 2 is 1.93 bits per heavy atom. The number of ether oxygens (including phenoxy) is 2. The summed E-state index contributed by atoms with van der Waals surface area (Å²) in [6, 6.07) is 0. The van der Waals surface area contributed by atoms with Crippen LogP contribution in [0.25, 0.3) is 0 Å². The average Bonchev–Trinajstić information content (AvgIpc) is 2.00. The van der Waals surface area contributed by atoms with Crippen LogP contribution < -0.4 is 0 Å². The summed E-state index contributed by atoms with van der Waals surface area (Å²) in [5, 5.41) is -0.864. The van der Waals surface area contributed by atoms with Crippen LogP contribution in [-0.4, -0.2) is 30.2 Å². The van der Waals surface area contributed by atoms with Gasteiger partial charge in [-0.2, -0.15) is 0 Å². The molecule has 0 fully saturated rings. The summed E-state index contributed by atoms with van der Waals surface area (Å²) in [6.45, 7) is 8.96. The molecular weight excluding hydrogens is 215 g/mol. The van der Waals surface area contributed by atoms with E-state index in [1.54, 1.807) is 13.8 Å². The van der Waals surface area contributed by atoms with E-state index in [1.807, 2.05) is 13.8 Å². The van der Waals surface area contributed by atoms with Gasteiger partial charge in [0.25, 0.3) is 0 Å². The van der Waals surface area contributed by atoms with Gasteiger partial charge < -0.3 is 14.0 Å². The highest BCUT2D eigenvalue weighted by Crippen LogP contribution is 2.39. The molecule has 0 N–H and O–H groups in total. The molecule has 0 saturated carbocycles. The molecule has 90 valence electrons. The topological polar surface area (TPSA) is 52.6 Å². The molecule has 0 aromatic carbocycles. The van der Waals surface area contributed by atoms with E-state index in [9.17, 15) is 9.36 Å². The quantitative estimate of drug-likeness (QED) is 0.524. The molecule has 0 rings (SSSR count). The van der Waals surface area contributed by atoms with Gasteiger partial charge in [0.05, 0.1) is 12.7 Å². The lowest BCUT2D eigenvalue weighted by Gasteiger charge is -2.24.